The number of nitrogens with zero attached hydrogens (tertiary/aromatic N) is 1. The second-order valence-electron chi connectivity index (χ2n) is 6.49. The van der Waals surface area contributed by atoms with Crippen molar-refractivity contribution in [3.8, 4) is 5.75 Å². The molecule has 0 spiro atoms. The van der Waals surface area contributed by atoms with Crippen LogP contribution in [-0.2, 0) is 16.3 Å². The van der Waals surface area contributed by atoms with E-state index in [1.165, 1.54) is 18.2 Å². The highest BCUT2D eigenvalue weighted by Gasteiger charge is 2.29. The Morgan fingerprint density at radius 2 is 2.07 bits per heavy atom. The number of rotatable bonds is 7. The van der Waals surface area contributed by atoms with Crippen LogP contribution < -0.4 is 10.5 Å². The lowest BCUT2D eigenvalue weighted by atomic mass is 10.2. The van der Waals surface area contributed by atoms with Gasteiger partial charge in [0.1, 0.15) is 12.4 Å². The molecule has 1 aliphatic carbocycles. The molecule has 1 atom stereocenters. The molecule has 1 aromatic heterocycles. The molecular formula is C18H20F3N3O2S2. The first-order valence-electron chi connectivity index (χ1n) is 8.62. The van der Waals surface area contributed by atoms with Crippen molar-refractivity contribution in [3.63, 3.8) is 0 Å². The van der Waals surface area contributed by atoms with Crippen LogP contribution in [-0.4, -0.2) is 20.5 Å². The van der Waals surface area contributed by atoms with Gasteiger partial charge in [-0.05, 0) is 60.4 Å². The molecule has 0 saturated heterocycles. The van der Waals surface area contributed by atoms with Crippen LogP contribution in [0.3, 0.4) is 0 Å². The van der Waals surface area contributed by atoms with E-state index >= 15 is 0 Å². The van der Waals surface area contributed by atoms with E-state index in [-0.39, 0.29) is 40.5 Å². The number of alkyl halides is 3. The molecule has 5 nitrogen and oxygen atoms in total. The van der Waals surface area contributed by atoms with Crippen molar-refractivity contribution in [1.29, 1.82) is 4.78 Å². The number of ether oxygens (including phenoxy) is 1. The van der Waals surface area contributed by atoms with Gasteiger partial charge in [-0.25, -0.2) is 8.99 Å². The minimum atomic E-state index is -4.40. The van der Waals surface area contributed by atoms with Gasteiger partial charge < -0.3 is 10.5 Å². The highest BCUT2D eigenvalue weighted by atomic mass is 32.2. The van der Waals surface area contributed by atoms with E-state index in [1.807, 2.05) is 0 Å². The summed E-state index contributed by atoms with van der Waals surface area (Å²) in [5, 5.41) is 0. The number of hydrogen-bond donors (Lipinski definition) is 2. The van der Waals surface area contributed by atoms with E-state index in [2.05, 4.69) is 4.98 Å². The maximum absolute atomic E-state index is 12.7. The fourth-order valence-electron chi connectivity index (χ4n) is 2.68. The van der Waals surface area contributed by atoms with Gasteiger partial charge in [0.25, 0.3) is 0 Å². The summed E-state index contributed by atoms with van der Waals surface area (Å²) in [6, 6.07) is 5.60. The van der Waals surface area contributed by atoms with Gasteiger partial charge in [-0.15, -0.1) is 0 Å². The molecule has 0 radical (unpaired) electrons. The van der Waals surface area contributed by atoms with Crippen LogP contribution in [0.4, 0.5) is 18.9 Å². The molecule has 3 N–H and O–H groups in total. The third-order valence-electron chi connectivity index (χ3n) is 4.34. The zero-order valence-corrected chi connectivity index (χ0v) is 16.7. The Morgan fingerprint density at radius 3 is 2.64 bits per heavy atom. The van der Waals surface area contributed by atoms with Gasteiger partial charge in [0.05, 0.1) is 26.0 Å². The summed E-state index contributed by atoms with van der Waals surface area (Å²) in [7, 11) is -3.00. The van der Waals surface area contributed by atoms with Crippen LogP contribution >= 0.6 is 11.8 Å². The van der Waals surface area contributed by atoms with E-state index in [0.717, 1.165) is 18.4 Å². The molecule has 1 unspecified atom stereocenters. The highest BCUT2D eigenvalue weighted by Crippen LogP contribution is 2.41. The Bertz CT molecular complexity index is 975. The third kappa shape index (κ3) is 5.11. The number of pyridine rings is 1. The molecule has 152 valence electrons. The van der Waals surface area contributed by atoms with Gasteiger partial charge in [-0.3, -0.25) is 4.98 Å². The number of thioether (sulfide) groups is 1. The highest BCUT2D eigenvalue weighted by molar-refractivity contribution is 8.00. The number of aromatic nitrogens is 1. The summed E-state index contributed by atoms with van der Waals surface area (Å²) in [6.07, 6.45) is 3.82. The standard InChI is InChI=1S/C18H20F3N3O2S2/c1-2-28(23,25)17-7-12(11-3-4-11)9-24-15(17)10-26-16-6-5-13(8-14(16)22)27-18(19,20)21/h5-9,11,23H,2-4,10,22H2,1H3. The van der Waals surface area contributed by atoms with Crippen LogP contribution in [0.15, 0.2) is 40.3 Å². The minimum Gasteiger partial charge on any atom is -0.485 e. The van der Waals surface area contributed by atoms with Crippen LogP contribution in [0.25, 0.3) is 0 Å². The average molecular weight is 432 g/mol. The number of benzene rings is 1. The minimum absolute atomic E-state index is 0.0369. The third-order valence-corrected chi connectivity index (χ3v) is 6.94. The van der Waals surface area contributed by atoms with Crippen LogP contribution in [0.1, 0.15) is 36.9 Å². The Labute approximate surface area is 165 Å². The van der Waals surface area contributed by atoms with Crippen molar-refractivity contribution in [3.05, 3.63) is 41.7 Å². The van der Waals surface area contributed by atoms with Crippen LogP contribution in [0.2, 0.25) is 0 Å². The van der Waals surface area contributed by atoms with Crippen molar-refractivity contribution >= 4 is 27.2 Å². The van der Waals surface area contributed by atoms with Crippen molar-refractivity contribution in [2.45, 2.75) is 47.6 Å². The topological polar surface area (TPSA) is 89.1 Å². The number of nitrogen functional groups attached to an aromatic ring is 1. The summed E-state index contributed by atoms with van der Waals surface area (Å²) >= 11 is -0.254. The second kappa shape index (κ2) is 7.82. The molecule has 1 aliphatic rings. The zero-order chi connectivity index (χ0) is 20.5. The van der Waals surface area contributed by atoms with Crippen LogP contribution in [0.5, 0.6) is 5.75 Å². The number of nitrogens with two attached hydrogens (primary N) is 1. The molecule has 3 rings (SSSR count). The lowest BCUT2D eigenvalue weighted by Gasteiger charge is -2.15. The molecule has 0 amide bonds. The summed E-state index contributed by atoms with van der Waals surface area (Å²) in [5.74, 6) is 0.766. The molecule has 1 fully saturated rings. The summed E-state index contributed by atoms with van der Waals surface area (Å²) in [4.78, 5) is 4.66. The molecule has 1 aromatic carbocycles. The van der Waals surface area contributed by atoms with Crippen molar-refractivity contribution < 1.29 is 22.1 Å². The van der Waals surface area contributed by atoms with Gasteiger partial charge in [-0.1, -0.05) is 6.92 Å². The number of nitrogens with one attached hydrogen (secondary N) is 1. The summed E-state index contributed by atoms with van der Waals surface area (Å²) < 4.78 is 63.8. The lowest BCUT2D eigenvalue weighted by Crippen LogP contribution is -2.11. The maximum Gasteiger partial charge on any atom is 0.446 e. The van der Waals surface area contributed by atoms with E-state index in [4.69, 9.17) is 15.3 Å². The molecule has 1 saturated carbocycles. The Kier molecular flexibility index (Phi) is 5.81. The van der Waals surface area contributed by atoms with Gasteiger partial charge in [0, 0.05) is 16.8 Å². The Hall–Kier alpha value is -1.94. The predicted octanol–water partition coefficient (Wildman–Crippen LogP) is 5.16. The van der Waals surface area contributed by atoms with Crippen molar-refractivity contribution in [1.82, 2.24) is 4.98 Å². The first kappa shape index (κ1) is 20.8. The second-order valence-corrected chi connectivity index (χ2v) is 9.99. The van der Waals surface area contributed by atoms with Gasteiger partial charge in [0.15, 0.2) is 0 Å². The molecule has 0 aliphatic heterocycles. The SMILES string of the molecule is CCS(=N)(=O)c1cc(C2CC2)cnc1COc1ccc(SC(F)(F)F)cc1N. The van der Waals surface area contributed by atoms with Crippen molar-refractivity contribution in [2.75, 3.05) is 11.5 Å². The summed E-state index contributed by atoms with van der Waals surface area (Å²) in [6.45, 7) is 1.60. The van der Waals surface area contributed by atoms with Gasteiger partial charge in [-0.2, -0.15) is 13.2 Å². The Morgan fingerprint density at radius 1 is 1.36 bits per heavy atom. The smallest absolute Gasteiger partial charge is 0.446 e. The molecular weight excluding hydrogens is 411 g/mol. The van der Waals surface area contributed by atoms with E-state index in [0.29, 0.717) is 16.5 Å². The lowest BCUT2D eigenvalue weighted by molar-refractivity contribution is -0.0328. The average Bonchev–Trinajstić information content (AvgIpc) is 3.44. The van der Waals surface area contributed by atoms with Gasteiger partial charge >= 0.3 is 5.51 Å². The first-order chi connectivity index (χ1) is 13.1. The largest absolute Gasteiger partial charge is 0.485 e. The monoisotopic (exact) mass is 431 g/mol. The number of halogens is 3. The zero-order valence-electron chi connectivity index (χ0n) is 15.1. The number of anilines is 1. The normalized spacial score (nSPS) is 16.6. The van der Waals surface area contributed by atoms with E-state index in [9.17, 15) is 17.4 Å². The Balaban J connectivity index is 1.81. The van der Waals surface area contributed by atoms with Crippen LogP contribution in [0, 0.1) is 4.78 Å². The first-order valence-corrected chi connectivity index (χ1v) is 11.2. The predicted molar refractivity (Wildman–Crippen MR) is 103 cm³/mol. The van der Waals surface area contributed by atoms with Gasteiger partial charge in [0.2, 0.25) is 0 Å². The molecule has 28 heavy (non-hydrogen) atoms. The fraction of sp³-hybridized carbons (Fsp3) is 0.389. The van der Waals surface area contributed by atoms with Crippen molar-refractivity contribution in [2.24, 2.45) is 0 Å². The number of hydrogen-bond acceptors (Lipinski definition) is 6. The fourth-order valence-corrected chi connectivity index (χ4v) is 4.40. The molecule has 0 bridgehead atoms. The summed E-state index contributed by atoms with van der Waals surface area (Å²) in [5.41, 5.74) is 2.82. The quantitative estimate of drug-likeness (QED) is 0.467. The molecule has 1 heterocycles. The van der Waals surface area contributed by atoms with E-state index in [1.54, 1.807) is 19.2 Å². The van der Waals surface area contributed by atoms with E-state index < -0.39 is 15.2 Å². The maximum atomic E-state index is 12.7. The molecule has 10 heteroatoms. The molecule has 2 aromatic rings.